The van der Waals surface area contributed by atoms with Crippen LogP contribution in [-0.4, -0.2) is 69.0 Å². The smallest absolute Gasteiger partial charge is 0.279 e. The van der Waals surface area contributed by atoms with Gasteiger partial charge in [0.1, 0.15) is 11.5 Å². The molecule has 134 valence electrons. The maximum absolute atomic E-state index is 12.6. The number of aryl methyl sites for hydroxylation is 1. The molecule has 2 fully saturated rings. The third-order valence-corrected chi connectivity index (χ3v) is 6.15. The Balaban J connectivity index is 1.79. The van der Waals surface area contributed by atoms with Gasteiger partial charge in [0.25, 0.3) is 10.2 Å². The van der Waals surface area contributed by atoms with E-state index in [0.29, 0.717) is 45.2 Å². The van der Waals surface area contributed by atoms with Gasteiger partial charge >= 0.3 is 0 Å². The molecular formula is C15H23N3O5S. The highest BCUT2D eigenvalue weighted by atomic mass is 32.2. The van der Waals surface area contributed by atoms with E-state index in [0.717, 1.165) is 5.76 Å². The number of morpholine rings is 1. The van der Waals surface area contributed by atoms with E-state index in [1.54, 1.807) is 4.90 Å². The zero-order valence-corrected chi connectivity index (χ0v) is 14.7. The Kier molecular flexibility index (Phi) is 4.95. The van der Waals surface area contributed by atoms with Crippen molar-refractivity contribution < 1.29 is 22.4 Å². The van der Waals surface area contributed by atoms with E-state index in [-0.39, 0.29) is 11.8 Å². The number of hydrogen-bond donors (Lipinski definition) is 1. The topological polar surface area (TPSA) is 92.1 Å². The van der Waals surface area contributed by atoms with Crippen LogP contribution < -0.4 is 4.72 Å². The molecule has 0 unspecified atom stereocenters. The number of furan rings is 1. The zero-order valence-electron chi connectivity index (χ0n) is 13.9. The normalized spacial score (nSPS) is 26.0. The number of ether oxygens (including phenoxy) is 1. The van der Waals surface area contributed by atoms with Crippen molar-refractivity contribution in [2.75, 3.05) is 39.4 Å². The molecule has 0 aliphatic carbocycles. The molecule has 0 radical (unpaired) electrons. The standard InChI is InChI=1S/C15H23N3O5S/c1-11-3-4-15(23-11)13-9-17(12(2)19)10-14(13)16-24(20,21)18-5-7-22-8-6-18/h3-4,13-14,16H,5-10H2,1-2H3/t13-,14-/m1/s1. The number of nitrogens with one attached hydrogen (secondary N) is 1. The number of likely N-dealkylation sites (tertiary alicyclic amines) is 1. The lowest BCUT2D eigenvalue weighted by Gasteiger charge is -2.28. The molecule has 1 N–H and O–H groups in total. The Bertz CT molecular complexity index is 696. The van der Waals surface area contributed by atoms with Crippen LogP contribution in [0.5, 0.6) is 0 Å². The molecule has 0 aromatic carbocycles. The van der Waals surface area contributed by atoms with Crippen molar-refractivity contribution in [2.24, 2.45) is 0 Å². The number of carbonyl (C=O) groups excluding carboxylic acids is 1. The summed E-state index contributed by atoms with van der Waals surface area (Å²) >= 11 is 0. The van der Waals surface area contributed by atoms with Crippen LogP contribution in [0.15, 0.2) is 16.5 Å². The third-order valence-electron chi connectivity index (χ3n) is 4.50. The van der Waals surface area contributed by atoms with Gasteiger partial charge in [0.05, 0.1) is 25.2 Å². The van der Waals surface area contributed by atoms with Crippen molar-refractivity contribution in [1.82, 2.24) is 13.9 Å². The fourth-order valence-electron chi connectivity index (χ4n) is 3.17. The molecule has 0 bridgehead atoms. The van der Waals surface area contributed by atoms with Gasteiger partial charge in [-0.1, -0.05) is 0 Å². The van der Waals surface area contributed by atoms with E-state index in [4.69, 9.17) is 9.15 Å². The van der Waals surface area contributed by atoms with E-state index in [9.17, 15) is 13.2 Å². The molecule has 8 nitrogen and oxygen atoms in total. The SMILES string of the molecule is CC(=O)N1C[C@@H](NS(=O)(=O)N2CCOCC2)[C@H](c2ccc(C)o2)C1. The first kappa shape index (κ1) is 17.4. The van der Waals surface area contributed by atoms with Crippen molar-refractivity contribution >= 4 is 16.1 Å². The molecule has 2 aliphatic heterocycles. The van der Waals surface area contributed by atoms with Gasteiger partial charge in [-0.25, -0.2) is 0 Å². The van der Waals surface area contributed by atoms with Crippen LogP contribution in [0.3, 0.4) is 0 Å². The average molecular weight is 357 g/mol. The van der Waals surface area contributed by atoms with E-state index >= 15 is 0 Å². The largest absolute Gasteiger partial charge is 0.466 e. The van der Waals surface area contributed by atoms with Gasteiger partial charge in [0.15, 0.2) is 0 Å². The minimum Gasteiger partial charge on any atom is -0.466 e. The minimum atomic E-state index is -3.63. The molecule has 24 heavy (non-hydrogen) atoms. The maximum atomic E-state index is 12.6. The first-order chi connectivity index (χ1) is 11.4. The van der Waals surface area contributed by atoms with Gasteiger partial charge in [-0.2, -0.15) is 17.4 Å². The van der Waals surface area contributed by atoms with Gasteiger partial charge < -0.3 is 14.1 Å². The van der Waals surface area contributed by atoms with Crippen molar-refractivity contribution in [3.05, 3.63) is 23.7 Å². The van der Waals surface area contributed by atoms with Crippen molar-refractivity contribution in [1.29, 1.82) is 0 Å². The summed E-state index contributed by atoms with van der Waals surface area (Å²) in [6.45, 7) is 5.57. The highest BCUT2D eigenvalue weighted by Crippen LogP contribution is 2.30. The fourth-order valence-corrected chi connectivity index (χ4v) is 4.57. The summed E-state index contributed by atoms with van der Waals surface area (Å²) in [6, 6.07) is 3.28. The van der Waals surface area contributed by atoms with Gasteiger partial charge in [0, 0.05) is 33.1 Å². The maximum Gasteiger partial charge on any atom is 0.279 e. The molecule has 1 aromatic heterocycles. The molecule has 2 aliphatic rings. The first-order valence-electron chi connectivity index (χ1n) is 8.04. The van der Waals surface area contributed by atoms with Crippen molar-refractivity contribution in [2.45, 2.75) is 25.8 Å². The van der Waals surface area contributed by atoms with Crippen LogP contribution in [0.1, 0.15) is 24.4 Å². The third kappa shape index (κ3) is 3.64. The fraction of sp³-hybridized carbons (Fsp3) is 0.667. The summed E-state index contributed by atoms with van der Waals surface area (Å²) in [7, 11) is -3.63. The second kappa shape index (κ2) is 6.83. The van der Waals surface area contributed by atoms with Crippen LogP contribution >= 0.6 is 0 Å². The number of amides is 1. The summed E-state index contributed by atoms with van der Waals surface area (Å²) in [6.07, 6.45) is 0. The number of rotatable bonds is 4. The van der Waals surface area contributed by atoms with Crippen LogP contribution in [0, 0.1) is 6.92 Å². The van der Waals surface area contributed by atoms with E-state index < -0.39 is 16.3 Å². The summed E-state index contributed by atoms with van der Waals surface area (Å²) in [4.78, 5) is 13.4. The predicted molar refractivity (Wildman–Crippen MR) is 86.7 cm³/mol. The van der Waals surface area contributed by atoms with Gasteiger partial charge in [-0.05, 0) is 19.1 Å². The molecule has 1 amide bonds. The Hall–Kier alpha value is -1.42. The minimum absolute atomic E-state index is 0.0728. The number of nitrogens with zero attached hydrogens (tertiary/aromatic N) is 2. The predicted octanol–water partition coefficient (Wildman–Crippen LogP) is 0.0689. The molecule has 3 rings (SSSR count). The monoisotopic (exact) mass is 357 g/mol. The zero-order chi connectivity index (χ0) is 17.3. The van der Waals surface area contributed by atoms with Crippen LogP contribution in [0.2, 0.25) is 0 Å². The van der Waals surface area contributed by atoms with Crippen LogP contribution in [0.25, 0.3) is 0 Å². The van der Waals surface area contributed by atoms with Crippen molar-refractivity contribution in [3.8, 4) is 0 Å². The van der Waals surface area contributed by atoms with E-state index in [1.807, 2.05) is 19.1 Å². The van der Waals surface area contributed by atoms with Gasteiger partial charge in [0.2, 0.25) is 5.91 Å². The Morgan fingerprint density at radius 2 is 1.96 bits per heavy atom. The first-order valence-corrected chi connectivity index (χ1v) is 9.48. The lowest BCUT2D eigenvalue weighted by molar-refractivity contribution is -0.127. The summed E-state index contributed by atoms with van der Waals surface area (Å²) in [5.41, 5.74) is 0. The van der Waals surface area contributed by atoms with Gasteiger partial charge in [-0.3, -0.25) is 4.79 Å². The van der Waals surface area contributed by atoms with Crippen LogP contribution in [-0.2, 0) is 19.7 Å². The highest BCUT2D eigenvalue weighted by molar-refractivity contribution is 7.87. The Morgan fingerprint density at radius 3 is 2.54 bits per heavy atom. The molecule has 0 spiro atoms. The lowest BCUT2D eigenvalue weighted by atomic mass is 10.0. The van der Waals surface area contributed by atoms with E-state index in [2.05, 4.69) is 4.72 Å². The average Bonchev–Trinajstić information content (AvgIpc) is 3.14. The van der Waals surface area contributed by atoms with Crippen molar-refractivity contribution in [3.63, 3.8) is 0 Å². The van der Waals surface area contributed by atoms with E-state index in [1.165, 1.54) is 11.2 Å². The molecular weight excluding hydrogens is 334 g/mol. The van der Waals surface area contributed by atoms with Crippen LogP contribution in [0.4, 0.5) is 0 Å². The quantitative estimate of drug-likeness (QED) is 0.823. The second-order valence-electron chi connectivity index (χ2n) is 6.22. The highest BCUT2D eigenvalue weighted by Gasteiger charge is 2.40. The molecule has 1 aromatic rings. The summed E-state index contributed by atoms with van der Waals surface area (Å²) < 4.78 is 40.3. The Labute approximate surface area is 141 Å². The lowest BCUT2D eigenvalue weighted by Crippen LogP contribution is -2.51. The Morgan fingerprint density at radius 1 is 1.25 bits per heavy atom. The molecule has 9 heteroatoms. The number of hydrogen-bond acceptors (Lipinski definition) is 5. The summed E-state index contributed by atoms with van der Waals surface area (Å²) in [5.74, 6) is 1.20. The van der Waals surface area contributed by atoms with Gasteiger partial charge in [-0.15, -0.1) is 0 Å². The second-order valence-corrected chi connectivity index (χ2v) is 7.92. The molecule has 2 atom stereocenters. The number of carbonyl (C=O) groups is 1. The summed E-state index contributed by atoms with van der Waals surface area (Å²) in [5, 5.41) is 0. The molecule has 2 saturated heterocycles. The molecule has 0 saturated carbocycles. The molecule has 3 heterocycles.